The lowest BCUT2D eigenvalue weighted by Crippen LogP contribution is -2.63. The SMILES string of the molecule is O=C(OC1OC2CC1CS2(=O)=O)C(F)(C(F)(F)C(F)(F)F)S(=O)(=O)O. The van der Waals surface area contributed by atoms with Gasteiger partial charge in [-0.25, -0.2) is 17.6 Å². The normalized spacial score (nSPS) is 31.6. The van der Waals surface area contributed by atoms with Crippen LogP contribution in [0.3, 0.4) is 0 Å². The monoisotopic (exact) mass is 422 g/mol. The van der Waals surface area contributed by atoms with Gasteiger partial charge in [0.15, 0.2) is 15.3 Å². The molecule has 146 valence electrons. The average molecular weight is 422 g/mol. The summed E-state index contributed by atoms with van der Waals surface area (Å²) in [5, 5.41) is -6.21. The first-order valence-corrected chi connectivity index (χ1v) is 9.29. The minimum absolute atomic E-state index is 0.318. The van der Waals surface area contributed by atoms with Crippen LogP contribution in [0.25, 0.3) is 0 Å². The number of alkyl halides is 6. The van der Waals surface area contributed by atoms with Crippen molar-refractivity contribution in [3.8, 4) is 0 Å². The highest BCUT2D eigenvalue weighted by atomic mass is 32.2. The second-order valence-corrected chi connectivity index (χ2v) is 9.00. The Morgan fingerprint density at radius 3 is 2.00 bits per heavy atom. The number of hydrogen-bond donors (Lipinski definition) is 1. The number of fused-ring (bicyclic) bond motifs is 2. The minimum atomic E-state index is -6.97. The zero-order valence-electron chi connectivity index (χ0n) is 11.5. The molecule has 16 heteroatoms. The van der Waals surface area contributed by atoms with E-state index in [4.69, 9.17) is 4.55 Å². The number of halogens is 6. The van der Waals surface area contributed by atoms with Crippen molar-refractivity contribution in [2.24, 2.45) is 5.92 Å². The number of esters is 1. The number of sulfone groups is 1. The third-order valence-electron chi connectivity index (χ3n) is 3.61. The second kappa shape index (κ2) is 5.43. The average Bonchev–Trinajstić information content (AvgIpc) is 2.90. The van der Waals surface area contributed by atoms with Gasteiger partial charge >= 0.3 is 33.2 Å². The molecule has 2 fully saturated rings. The van der Waals surface area contributed by atoms with E-state index >= 15 is 0 Å². The first kappa shape index (κ1) is 20.2. The van der Waals surface area contributed by atoms with Crippen molar-refractivity contribution in [2.75, 3.05) is 5.75 Å². The summed E-state index contributed by atoms with van der Waals surface area (Å²) in [5.41, 5.74) is -1.56. The van der Waals surface area contributed by atoms with Gasteiger partial charge in [-0.15, -0.1) is 0 Å². The van der Waals surface area contributed by atoms with Gasteiger partial charge in [-0.1, -0.05) is 0 Å². The zero-order chi connectivity index (χ0) is 19.6. The molecule has 0 amide bonds. The van der Waals surface area contributed by atoms with Crippen LogP contribution in [-0.4, -0.2) is 61.9 Å². The van der Waals surface area contributed by atoms with Crippen LogP contribution in [0.1, 0.15) is 6.42 Å². The van der Waals surface area contributed by atoms with Crippen LogP contribution < -0.4 is 0 Å². The summed E-state index contributed by atoms with van der Waals surface area (Å²) in [6, 6.07) is 0. The number of carbonyl (C=O) groups is 1. The van der Waals surface area contributed by atoms with Crippen molar-refractivity contribution in [2.45, 2.75) is 35.2 Å². The van der Waals surface area contributed by atoms with E-state index in [-0.39, 0.29) is 6.42 Å². The van der Waals surface area contributed by atoms with Gasteiger partial charge in [-0.3, -0.25) is 4.55 Å². The van der Waals surface area contributed by atoms with Crippen molar-refractivity contribution >= 4 is 25.9 Å². The van der Waals surface area contributed by atoms with E-state index in [1.165, 1.54) is 0 Å². The predicted octanol–water partition coefficient (Wildman–Crippen LogP) is 0.398. The van der Waals surface area contributed by atoms with Gasteiger partial charge in [-0.2, -0.15) is 30.4 Å². The summed E-state index contributed by atoms with van der Waals surface area (Å²) < 4.78 is 139. The van der Waals surface area contributed by atoms with Crippen LogP contribution in [-0.2, 0) is 34.2 Å². The molecular weight excluding hydrogens is 414 g/mol. The molecule has 2 saturated heterocycles. The lowest BCUT2D eigenvalue weighted by atomic mass is 10.1. The third-order valence-corrected chi connectivity index (χ3v) is 6.75. The second-order valence-electron chi connectivity index (χ2n) is 5.31. The molecule has 0 radical (unpaired) electrons. The summed E-state index contributed by atoms with van der Waals surface area (Å²) >= 11 is 0. The van der Waals surface area contributed by atoms with Gasteiger partial charge in [0.05, 0.1) is 5.75 Å². The van der Waals surface area contributed by atoms with E-state index in [9.17, 15) is 48.0 Å². The Labute approximate surface area is 135 Å². The standard InChI is InChI=1S/C9H8F6O8S2/c10-7(25(19,20)21,8(11,12)9(13,14)15)6(16)23-5-3-1-4(22-5)24(17,18)2-3/h3-5H,1-2H2,(H,19,20,21). The molecule has 0 aromatic heterocycles. The van der Waals surface area contributed by atoms with E-state index in [2.05, 4.69) is 9.47 Å². The number of hydrogen-bond acceptors (Lipinski definition) is 7. The van der Waals surface area contributed by atoms with Gasteiger partial charge in [0.1, 0.15) is 0 Å². The van der Waals surface area contributed by atoms with Crippen LogP contribution in [0.15, 0.2) is 0 Å². The Hall–Kier alpha value is -1.13. The maximum atomic E-state index is 14.1. The summed E-state index contributed by atoms with van der Waals surface area (Å²) in [4.78, 5) is 11.5. The van der Waals surface area contributed by atoms with Crippen molar-refractivity contribution in [1.82, 2.24) is 0 Å². The molecule has 2 aliphatic heterocycles. The van der Waals surface area contributed by atoms with Gasteiger partial charge in [-0.05, 0) is 6.42 Å². The van der Waals surface area contributed by atoms with Crippen LogP contribution in [0.4, 0.5) is 26.3 Å². The van der Waals surface area contributed by atoms with Crippen molar-refractivity contribution < 1.29 is 62.0 Å². The molecule has 1 N–H and O–H groups in total. The summed E-state index contributed by atoms with van der Waals surface area (Å²) in [6.07, 6.45) is -9.27. The zero-order valence-corrected chi connectivity index (χ0v) is 13.2. The van der Waals surface area contributed by atoms with E-state index in [1.807, 2.05) is 0 Å². The van der Waals surface area contributed by atoms with Gasteiger partial charge in [0.2, 0.25) is 6.29 Å². The first-order chi connectivity index (χ1) is 10.9. The summed E-state index contributed by atoms with van der Waals surface area (Å²) in [7, 11) is -10.7. The Kier molecular flexibility index (Phi) is 4.39. The van der Waals surface area contributed by atoms with E-state index in [0.717, 1.165) is 0 Å². The molecule has 2 bridgehead atoms. The fraction of sp³-hybridized carbons (Fsp3) is 0.889. The van der Waals surface area contributed by atoms with Crippen LogP contribution in [0, 0.1) is 5.92 Å². The van der Waals surface area contributed by atoms with Gasteiger partial charge < -0.3 is 9.47 Å². The smallest absolute Gasteiger partial charge is 0.432 e. The lowest BCUT2D eigenvalue weighted by molar-refractivity contribution is -0.312. The van der Waals surface area contributed by atoms with Gasteiger partial charge in [0, 0.05) is 5.92 Å². The molecule has 4 unspecified atom stereocenters. The highest BCUT2D eigenvalue weighted by Crippen LogP contribution is 2.49. The van der Waals surface area contributed by atoms with Crippen LogP contribution in [0.5, 0.6) is 0 Å². The Balaban J connectivity index is 2.34. The molecule has 2 rings (SSSR count). The van der Waals surface area contributed by atoms with E-state index in [0.29, 0.717) is 0 Å². The van der Waals surface area contributed by atoms with E-state index in [1.54, 1.807) is 0 Å². The van der Waals surface area contributed by atoms with E-state index < -0.39 is 66.4 Å². The number of rotatable bonds is 4. The highest BCUT2D eigenvalue weighted by molar-refractivity contribution is 7.92. The molecule has 8 nitrogen and oxygen atoms in total. The third kappa shape index (κ3) is 2.87. The van der Waals surface area contributed by atoms with Gasteiger partial charge in [0.25, 0.3) is 0 Å². The van der Waals surface area contributed by atoms with Crippen molar-refractivity contribution in [3.05, 3.63) is 0 Å². The molecule has 0 aromatic rings. The van der Waals surface area contributed by atoms with Crippen molar-refractivity contribution in [1.29, 1.82) is 0 Å². The largest absolute Gasteiger partial charge is 0.458 e. The molecule has 0 saturated carbocycles. The topological polar surface area (TPSA) is 124 Å². The summed E-state index contributed by atoms with van der Waals surface area (Å²) in [6.45, 7) is 0. The molecule has 0 spiro atoms. The minimum Gasteiger partial charge on any atom is -0.432 e. The quantitative estimate of drug-likeness (QED) is 0.392. The number of ether oxygens (including phenoxy) is 2. The predicted molar refractivity (Wildman–Crippen MR) is 63.0 cm³/mol. The lowest BCUT2D eigenvalue weighted by Gasteiger charge is -2.31. The maximum absolute atomic E-state index is 14.1. The Morgan fingerprint density at radius 2 is 1.68 bits per heavy atom. The summed E-state index contributed by atoms with van der Waals surface area (Å²) in [5.74, 6) is -12.1. The molecule has 25 heavy (non-hydrogen) atoms. The van der Waals surface area contributed by atoms with Crippen LogP contribution >= 0.6 is 0 Å². The molecular formula is C9H8F6O8S2. The Bertz CT molecular complexity index is 789. The number of carbonyl (C=O) groups excluding carboxylic acids is 1. The molecule has 4 atom stereocenters. The molecule has 2 heterocycles. The highest BCUT2D eigenvalue weighted by Gasteiger charge is 2.82. The maximum Gasteiger partial charge on any atom is 0.458 e. The first-order valence-electron chi connectivity index (χ1n) is 6.14. The molecule has 0 aromatic carbocycles. The molecule has 0 aliphatic carbocycles. The molecule has 2 aliphatic rings. The fourth-order valence-corrected chi connectivity index (χ4v) is 4.96. The van der Waals surface area contributed by atoms with Crippen LogP contribution in [0.2, 0.25) is 0 Å². The van der Waals surface area contributed by atoms with Crippen molar-refractivity contribution in [3.63, 3.8) is 0 Å². The fourth-order valence-electron chi connectivity index (χ4n) is 2.34. The Morgan fingerprint density at radius 1 is 1.16 bits per heavy atom.